The summed E-state index contributed by atoms with van der Waals surface area (Å²) in [7, 11) is 0. The van der Waals surface area contributed by atoms with Crippen molar-refractivity contribution in [3.8, 4) is 0 Å². The van der Waals surface area contributed by atoms with Crippen LogP contribution in [-0.2, 0) is 0 Å². The number of rotatable bonds is 5. The first kappa shape index (κ1) is 15.6. The van der Waals surface area contributed by atoms with E-state index in [1.807, 2.05) is 32.0 Å². The van der Waals surface area contributed by atoms with E-state index in [0.717, 1.165) is 35.5 Å². The summed E-state index contributed by atoms with van der Waals surface area (Å²) in [5, 5.41) is 11.8. The molecule has 1 atom stereocenters. The molecule has 0 bridgehead atoms. The van der Waals surface area contributed by atoms with Crippen molar-refractivity contribution in [2.24, 2.45) is 0 Å². The van der Waals surface area contributed by atoms with E-state index in [2.05, 4.69) is 22.4 Å². The molecular weight excluding hydrogens is 265 g/mol. The van der Waals surface area contributed by atoms with Crippen molar-refractivity contribution in [2.45, 2.75) is 40.2 Å². The molecule has 1 N–H and O–H groups in total. The molecule has 0 aliphatic rings. The minimum Gasteiger partial charge on any atom is -0.306 e. The SMILES string of the molecule is CCCNC(c1ccc(F)c(C)c1)c1cc(C)nnc1C. The average Bonchev–Trinajstić information content (AvgIpc) is 2.46. The van der Waals surface area contributed by atoms with Crippen molar-refractivity contribution in [3.05, 3.63) is 58.2 Å². The van der Waals surface area contributed by atoms with E-state index in [0.29, 0.717) is 5.56 Å². The summed E-state index contributed by atoms with van der Waals surface area (Å²) < 4.78 is 13.5. The predicted octanol–water partition coefficient (Wildman–Crippen LogP) is 3.63. The van der Waals surface area contributed by atoms with Crippen LogP contribution in [0.3, 0.4) is 0 Å². The Hall–Kier alpha value is -1.81. The van der Waals surface area contributed by atoms with Gasteiger partial charge in [0.1, 0.15) is 5.82 Å². The second kappa shape index (κ2) is 6.76. The maximum atomic E-state index is 13.5. The second-order valence-electron chi connectivity index (χ2n) is 5.42. The van der Waals surface area contributed by atoms with Gasteiger partial charge in [-0.2, -0.15) is 10.2 Å². The molecule has 0 amide bonds. The zero-order valence-corrected chi connectivity index (χ0v) is 13.1. The number of nitrogens with one attached hydrogen (secondary N) is 1. The Morgan fingerprint density at radius 2 is 1.90 bits per heavy atom. The molecule has 1 unspecified atom stereocenters. The maximum Gasteiger partial charge on any atom is 0.126 e. The summed E-state index contributed by atoms with van der Waals surface area (Å²) in [6.45, 7) is 8.70. The number of hydrogen-bond donors (Lipinski definition) is 1. The first-order valence-corrected chi connectivity index (χ1v) is 7.33. The quantitative estimate of drug-likeness (QED) is 0.912. The number of nitrogens with zero attached hydrogens (tertiary/aromatic N) is 2. The predicted molar refractivity (Wildman–Crippen MR) is 82.8 cm³/mol. The van der Waals surface area contributed by atoms with Crippen molar-refractivity contribution in [1.29, 1.82) is 0 Å². The zero-order chi connectivity index (χ0) is 15.4. The summed E-state index contributed by atoms with van der Waals surface area (Å²) >= 11 is 0. The molecule has 0 saturated carbocycles. The Morgan fingerprint density at radius 3 is 2.57 bits per heavy atom. The van der Waals surface area contributed by atoms with E-state index < -0.39 is 0 Å². The normalized spacial score (nSPS) is 12.4. The smallest absolute Gasteiger partial charge is 0.126 e. The van der Waals surface area contributed by atoms with E-state index in [9.17, 15) is 4.39 Å². The van der Waals surface area contributed by atoms with Crippen molar-refractivity contribution in [1.82, 2.24) is 15.5 Å². The van der Waals surface area contributed by atoms with Crippen LogP contribution in [0.4, 0.5) is 4.39 Å². The Balaban J connectivity index is 2.46. The molecular formula is C17H22FN3. The molecule has 3 nitrogen and oxygen atoms in total. The largest absolute Gasteiger partial charge is 0.306 e. The highest BCUT2D eigenvalue weighted by Crippen LogP contribution is 2.25. The first-order chi connectivity index (χ1) is 10.0. The molecule has 21 heavy (non-hydrogen) atoms. The van der Waals surface area contributed by atoms with Gasteiger partial charge in [0.15, 0.2) is 0 Å². The number of aryl methyl sites for hydroxylation is 3. The lowest BCUT2D eigenvalue weighted by Gasteiger charge is -2.21. The van der Waals surface area contributed by atoms with Gasteiger partial charge in [0.2, 0.25) is 0 Å². The van der Waals surface area contributed by atoms with E-state index in [-0.39, 0.29) is 11.9 Å². The third kappa shape index (κ3) is 3.64. The molecule has 1 aromatic carbocycles. The zero-order valence-electron chi connectivity index (χ0n) is 13.1. The van der Waals surface area contributed by atoms with Crippen molar-refractivity contribution in [2.75, 3.05) is 6.54 Å². The van der Waals surface area contributed by atoms with Crippen LogP contribution in [0.1, 0.15) is 47.5 Å². The van der Waals surface area contributed by atoms with Gasteiger partial charge in [-0.1, -0.05) is 19.1 Å². The molecule has 0 spiro atoms. The Morgan fingerprint density at radius 1 is 1.14 bits per heavy atom. The van der Waals surface area contributed by atoms with Gasteiger partial charge in [-0.3, -0.25) is 0 Å². The number of aromatic nitrogens is 2. The lowest BCUT2D eigenvalue weighted by atomic mass is 9.96. The molecule has 0 saturated heterocycles. The number of hydrogen-bond acceptors (Lipinski definition) is 3. The van der Waals surface area contributed by atoms with Crippen LogP contribution in [0, 0.1) is 26.6 Å². The standard InChI is InChI=1S/C17H22FN3/c1-5-8-19-17(14-6-7-16(18)11(2)9-14)15-10-12(3)20-21-13(15)4/h6-7,9-10,17,19H,5,8H2,1-4H3. The van der Waals surface area contributed by atoms with Crippen LogP contribution in [0.25, 0.3) is 0 Å². The van der Waals surface area contributed by atoms with Gasteiger partial charge < -0.3 is 5.32 Å². The van der Waals surface area contributed by atoms with Crippen LogP contribution in [0.5, 0.6) is 0 Å². The molecule has 0 aliphatic heterocycles. The molecule has 4 heteroatoms. The van der Waals surface area contributed by atoms with Gasteiger partial charge in [-0.15, -0.1) is 0 Å². The molecule has 1 heterocycles. The highest BCUT2D eigenvalue weighted by Gasteiger charge is 2.17. The Kier molecular flexibility index (Phi) is 5.02. The monoisotopic (exact) mass is 287 g/mol. The fourth-order valence-corrected chi connectivity index (χ4v) is 2.41. The summed E-state index contributed by atoms with van der Waals surface area (Å²) in [6, 6.07) is 7.33. The van der Waals surface area contributed by atoms with Gasteiger partial charge in [-0.05, 0) is 62.6 Å². The lowest BCUT2D eigenvalue weighted by molar-refractivity contribution is 0.584. The third-order valence-electron chi connectivity index (χ3n) is 3.56. The van der Waals surface area contributed by atoms with Gasteiger partial charge >= 0.3 is 0 Å². The minimum absolute atomic E-state index is 0.0125. The summed E-state index contributed by atoms with van der Waals surface area (Å²) in [5.74, 6) is -0.172. The number of benzene rings is 1. The molecule has 2 rings (SSSR count). The summed E-state index contributed by atoms with van der Waals surface area (Å²) in [6.07, 6.45) is 1.03. The minimum atomic E-state index is -0.172. The van der Waals surface area contributed by atoms with Gasteiger partial charge in [0.05, 0.1) is 17.4 Å². The first-order valence-electron chi connectivity index (χ1n) is 7.33. The maximum absolute atomic E-state index is 13.5. The average molecular weight is 287 g/mol. The van der Waals surface area contributed by atoms with Gasteiger partial charge in [-0.25, -0.2) is 4.39 Å². The van der Waals surface area contributed by atoms with E-state index in [4.69, 9.17) is 0 Å². The van der Waals surface area contributed by atoms with Gasteiger partial charge in [0, 0.05) is 0 Å². The second-order valence-corrected chi connectivity index (χ2v) is 5.42. The van der Waals surface area contributed by atoms with Crippen LogP contribution in [0.15, 0.2) is 24.3 Å². The fraction of sp³-hybridized carbons (Fsp3) is 0.412. The lowest BCUT2D eigenvalue weighted by Crippen LogP contribution is -2.24. The molecule has 0 aliphatic carbocycles. The number of halogens is 1. The molecule has 112 valence electrons. The molecule has 2 aromatic rings. The Bertz CT molecular complexity index is 625. The van der Waals surface area contributed by atoms with E-state index in [1.165, 1.54) is 6.07 Å². The van der Waals surface area contributed by atoms with Crippen LogP contribution in [-0.4, -0.2) is 16.7 Å². The van der Waals surface area contributed by atoms with Crippen LogP contribution >= 0.6 is 0 Å². The molecule has 0 fully saturated rings. The topological polar surface area (TPSA) is 37.8 Å². The van der Waals surface area contributed by atoms with Crippen molar-refractivity contribution < 1.29 is 4.39 Å². The van der Waals surface area contributed by atoms with Crippen molar-refractivity contribution in [3.63, 3.8) is 0 Å². The summed E-state index contributed by atoms with van der Waals surface area (Å²) in [4.78, 5) is 0. The summed E-state index contributed by atoms with van der Waals surface area (Å²) in [5.41, 5.74) is 4.60. The van der Waals surface area contributed by atoms with Gasteiger partial charge in [0.25, 0.3) is 0 Å². The molecule has 0 radical (unpaired) electrons. The van der Waals surface area contributed by atoms with E-state index >= 15 is 0 Å². The van der Waals surface area contributed by atoms with Crippen LogP contribution < -0.4 is 5.32 Å². The van der Waals surface area contributed by atoms with Crippen LogP contribution in [0.2, 0.25) is 0 Å². The fourth-order valence-electron chi connectivity index (χ4n) is 2.41. The van der Waals surface area contributed by atoms with Crippen molar-refractivity contribution >= 4 is 0 Å². The third-order valence-corrected chi connectivity index (χ3v) is 3.56. The Labute approximate surface area is 125 Å². The highest BCUT2D eigenvalue weighted by atomic mass is 19.1. The molecule has 1 aromatic heterocycles. The highest BCUT2D eigenvalue weighted by molar-refractivity contribution is 5.36. The van der Waals surface area contributed by atoms with E-state index in [1.54, 1.807) is 6.92 Å².